The molecule has 0 radical (unpaired) electrons. The van der Waals surface area contributed by atoms with Crippen LogP contribution in [0, 0.1) is 0 Å². The van der Waals surface area contributed by atoms with E-state index >= 15 is 0 Å². The number of carbonyl (C=O) groups excluding carboxylic acids is 2. The third-order valence-corrected chi connectivity index (χ3v) is 4.59. The van der Waals surface area contributed by atoms with Gasteiger partial charge >= 0.3 is 0 Å². The van der Waals surface area contributed by atoms with Crippen molar-refractivity contribution < 1.29 is 19.5 Å². The topological polar surface area (TPSA) is 78.9 Å². The van der Waals surface area contributed by atoms with Crippen molar-refractivity contribution in [2.75, 3.05) is 20.0 Å². The molecule has 1 aromatic carbocycles. The number of piperazine rings is 1. The van der Waals surface area contributed by atoms with Gasteiger partial charge in [-0.05, 0) is 11.8 Å². The van der Waals surface area contributed by atoms with Crippen molar-refractivity contribution in [3.63, 3.8) is 0 Å². The molecule has 0 unspecified atom stereocenters. The van der Waals surface area contributed by atoms with Crippen LogP contribution < -0.4 is 5.32 Å². The zero-order valence-corrected chi connectivity index (χ0v) is 12.7. The van der Waals surface area contributed by atoms with Gasteiger partial charge in [-0.2, -0.15) is 0 Å². The van der Waals surface area contributed by atoms with Gasteiger partial charge in [-0.1, -0.05) is 30.3 Å². The van der Waals surface area contributed by atoms with Gasteiger partial charge in [0, 0.05) is 6.42 Å². The minimum absolute atomic E-state index is 0.345. The minimum Gasteiger partial charge on any atom is -0.394 e. The van der Waals surface area contributed by atoms with Crippen molar-refractivity contribution in [3.05, 3.63) is 35.9 Å². The van der Waals surface area contributed by atoms with Crippen LogP contribution in [0.25, 0.3) is 0 Å². The van der Waals surface area contributed by atoms with Gasteiger partial charge in [-0.3, -0.25) is 14.4 Å². The number of aliphatic hydroxyl groups excluding tert-OH is 1. The number of hydroxylamine groups is 2. The first-order valence-electron chi connectivity index (χ1n) is 6.47. The Hall–Kier alpha value is -1.57. The Morgan fingerprint density at radius 2 is 2.05 bits per heavy atom. The molecular formula is C14H18N2O4S. The van der Waals surface area contributed by atoms with E-state index < -0.39 is 23.4 Å². The van der Waals surface area contributed by atoms with Crippen molar-refractivity contribution in [2.45, 2.75) is 17.3 Å². The van der Waals surface area contributed by atoms with Crippen LogP contribution in [-0.4, -0.2) is 52.9 Å². The van der Waals surface area contributed by atoms with Crippen molar-refractivity contribution in [1.29, 1.82) is 0 Å². The van der Waals surface area contributed by atoms with Crippen LogP contribution in [-0.2, 0) is 20.8 Å². The molecular weight excluding hydrogens is 292 g/mol. The fourth-order valence-electron chi connectivity index (χ4n) is 2.34. The maximum atomic E-state index is 12.7. The highest BCUT2D eigenvalue weighted by molar-refractivity contribution is 8.00. The third kappa shape index (κ3) is 2.90. The number of aliphatic hydroxyl groups is 1. The Kier molecular flexibility index (Phi) is 4.87. The molecule has 1 saturated heterocycles. The van der Waals surface area contributed by atoms with E-state index in [2.05, 4.69) is 5.32 Å². The summed E-state index contributed by atoms with van der Waals surface area (Å²) in [4.78, 5) is 28.7. The SMILES string of the molecule is CON1C(=O)[C@@](Cc2ccccc2)(SC)NC(=O)[C@@H]1CO. The normalized spacial score (nSPS) is 25.9. The second-order valence-electron chi connectivity index (χ2n) is 4.69. The van der Waals surface area contributed by atoms with Gasteiger partial charge in [0.2, 0.25) is 5.91 Å². The molecule has 7 heteroatoms. The Morgan fingerprint density at radius 1 is 1.38 bits per heavy atom. The zero-order chi connectivity index (χ0) is 15.5. The van der Waals surface area contributed by atoms with Gasteiger partial charge in [0.05, 0.1) is 13.7 Å². The Balaban J connectivity index is 2.34. The number of carbonyl (C=O) groups is 2. The first kappa shape index (κ1) is 15.8. The van der Waals surface area contributed by atoms with Gasteiger partial charge in [0.15, 0.2) is 10.9 Å². The quantitative estimate of drug-likeness (QED) is 0.810. The lowest BCUT2D eigenvalue weighted by molar-refractivity contribution is -0.205. The highest BCUT2D eigenvalue weighted by atomic mass is 32.2. The van der Waals surface area contributed by atoms with E-state index in [9.17, 15) is 14.7 Å². The molecule has 0 spiro atoms. The summed E-state index contributed by atoms with van der Waals surface area (Å²) < 4.78 is 0. The summed E-state index contributed by atoms with van der Waals surface area (Å²) in [6, 6.07) is 8.42. The molecule has 1 heterocycles. The van der Waals surface area contributed by atoms with E-state index in [0.717, 1.165) is 10.6 Å². The number of nitrogens with zero attached hydrogens (tertiary/aromatic N) is 1. The molecule has 1 aliphatic heterocycles. The maximum absolute atomic E-state index is 12.7. The molecule has 0 bridgehead atoms. The standard InChI is InChI=1S/C14H18N2O4S/c1-20-16-11(9-17)12(18)15-14(21-2,13(16)19)8-10-6-4-3-5-7-10/h3-7,11,17H,8-9H2,1-2H3,(H,15,18)/t11-,14+/m0/s1. The van der Waals surface area contributed by atoms with E-state index in [1.54, 1.807) is 6.26 Å². The van der Waals surface area contributed by atoms with Crippen molar-refractivity contribution >= 4 is 23.6 Å². The lowest BCUT2D eigenvalue weighted by Crippen LogP contribution is -2.70. The molecule has 2 rings (SSSR count). The number of hydrogen-bond donors (Lipinski definition) is 2. The summed E-state index contributed by atoms with van der Waals surface area (Å²) in [6.07, 6.45) is 2.10. The Morgan fingerprint density at radius 3 is 2.57 bits per heavy atom. The van der Waals surface area contributed by atoms with Crippen LogP contribution in [0.2, 0.25) is 0 Å². The van der Waals surface area contributed by atoms with E-state index in [1.165, 1.54) is 18.9 Å². The second kappa shape index (κ2) is 6.46. The van der Waals surface area contributed by atoms with Crippen LogP contribution >= 0.6 is 11.8 Å². The molecule has 1 aromatic rings. The number of hydrogen-bond acceptors (Lipinski definition) is 5. The van der Waals surface area contributed by atoms with Crippen molar-refractivity contribution in [2.24, 2.45) is 0 Å². The van der Waals surface area contributed by atoms with Crippen LogP contribution in [0.3, 0.4) is 0 Å². The van der Waals surface area contributed by atoms with Crippen molar-refractivity contribution in [3.8, 4) is 0 Å². The van der Waals surface area contributed by atoms with E-state index in [0.29, 0.717) is 6.42 Å². The summed E-state index contributed by atoms with van der Waals surface area (Å²) in [5.41, 5.74) is 0.930. The first-order valence-corrected chi connectivity index (χ1v) is 7.70. The molecule has 0 aromatic heterocycles. The average Bonchev–Trinajstić information content (AvgIpc) is 2.51. The van der Waals surface area contributed by atoms with Crippen LogP contribution in [0.4, 0.5) is 0 Å². The van der Waals surface area contributed by atoms with E-state index in [1.807, 2.05) is 30.3 Å². The molecule has 6 nitrogen and oxygen atoms in total. The zero-order valence-electron chi connectivity index (χ0n) is 11.9. The van der Waals surface area contributed by atoms with Crippen molar-refractivity contribution in [1.82, 2.24) is 10.4 Å². The van der Waals surface area contributed by atoms with Gasteiger partial charge in [-0.25, -0.2) is 5.06 Å². The largest absolute Gasteiger partial charge is 0.394 e. The fraction of sp³-hybridized carbons (Fsp3) is 0.429. The Bertz CT molecular complexity index is 525. The monoisotopic (exact) mass is 310 g/mol. The molecule has 2 N–H and O–H groups in total. The van der Waals surface area contributed by atoms with E-state index in [-0.39, 0.29) is 5.91 Å². The molecule has 1 fully saturated rings. The van der Waals surface area contributed by atoms with Gasteiger partial charge < -0.3 is 10.4 Å². The van der Waals surface area contributed by atoms with Crippen LogP contribution in [0.1, 0.15) is 5.56 Å². The highest BCUT2D eigenvalue weighted by Crippen LogP contribution is 2.31. The Labute approximate surface area is 127 Å². The molecule has 1 aliphatic rings. The first-order chi connectivity index (χ1) is 10.1. The van der Waals surface area contributed by atoms with Crippen LogP contribution in [0.5, 0.6) is 0 Å². The highest BCUT2D eigenvalue weighted by Gasteiger charge is 2.51. The summed E-state index contributed by atoms with van der Waals surface area (Å²) >= 11 is 1.25. The lowest BCUT2D eigenvalue weighted by atomic mass is 10.0. The third-order valence-electron chi connectivity index (χ3n) is 3.47. The summed E-state index contributed by atoms with van der Waals surface area (Å²) in [5, 5.41) is 13.0. The smallest absolute Gasteiger partial charge is 0.283 e. The molecule has 0 saturated carbocycles. The lowest BCUT2D eigenvalue weighted by Gasteiger charge is -2.43. The average molecular weight is 310 g/mol. The van der Waals surface area contributed by atoms with Gasteiger partial charge in [-0.15, -0.1) is 11.8 Å². The predicted molar refractivity (Wildman–Crippen MR) is 79.3 cm³/mol. The number of rotatable bonds is 5. The number of nitrogens with one attached hydrogen (secondary N) is 1. The van der Waals surface area contributed by atoms with Crippen LogP contribution in [0.15, 0.2) is 30.3 Å². The van der Waals surface area contributed by atoms with Gasteiger partial charge in [0.1, 0.15) is 0 Å². The minimum atomic E-state index is -1.12. The van der Waals surface area contributed by atoms with Gasteiger partial charge in [0.25, 0.3) is 5.91 Å². The fourth-order valence-corrected chi connectivity index (χ4v) is 3.12. The maximum Gasteiger partial charge on any atom is 0.283 e. The molecule has 2 amide bonds. The molecule has 21 heavy (non-hydrogen) atoms. The summed E-state index contributed by atoms with van der Waals surface area (Å²) in [6.45, 7) is -0.485. The summed E-state index contributed by atoms with van der Waals surface area (Å²) in [5.74, 6) is -0.802. The predicted octanol–water partition coefficient (Wildman–Crippen LogP) is 0.169. The second-order valence-corrected chi connectivity index (χ2v) is 5.80. The summed E-state index contributed by atoms with van der Waals surface area (Å²) in [7, 11) is 1.31. The van der Waals surface area contributed by atoms with E-state index in [4.69, 9.17) is 4.84 Å². The molecule has 114 valence electrons. The number of amides is 2. The number of thioether (sulfide) groups is 1. The number of benzene rings is 1. The molecule has 0 aliphatic carbocycles. The molecule has 2 atom stereocenters.